The Morgan fingerprint density at radius 1 is 1.68 bits per heavy atom. The van der Waals surface area contributed by atoms with Crippen molar-refractivity contribution in [1.29, 1.82) is 5.26 Å². The Morgan fingerprint density at radius 3 is 2.95 bits per heavy atom. The van der Waals surface area contributed by atoms with E-state index in [9.17, 15) is 13.6 Å². The Morgan fingerprint density at radius 2 is 2.37 bits per heavy atom. The third kappa shape index (κ3) is 2.58. The third-order valence-corrected chi connectivity index (χ3v) is 3.03. The van der Waals surface area contributed by atoms with E-state index in [0.717, 1.165) is 4.90 Å². The Balaban J connectivity index is 2.32. The summed E-state index contributed by atoms with van der Waals surface area (Å²) in [5, 5.41) is 8.80. The highest BCUT2D eigenvalue weighted by atomic mass is 35.5. The third-order valence-electron chi connectivity index (χ3n) is 2.74. The van der Waals surface area contributed by atoms with Gasteiger partial charge in [-0.3, -0.25) is 4.79 Å². The summed E-state index contributed by atoms with van der Waals surface area (Å²) in [4.78, 5) is 16.6. The van der Waals surface area contributed by atoms with Crippen LogP contribution in [0.5, 0.6) is 0 Å². The monoisotopic (exact) mass is 286 g/mol. The molecule has 5 nitrogen and oxygen atoms in total. The van der Waals surface area contributed by atoms with Gasteiger partial charge in [0.25, 0.3) is 11.8 Å². The van der Waals surface area contributed by atoms with E-state index in [0.29, 0.717) is 0 Å². The van der Waals surface area contributed by atoms with E-state index in [2.05, 4.69) is 4.98 Å². The highest BCUT2D eigenvalue weighted by Crippen LogP contribution is 2.33. The number of likely N-dealkylation sites (tertiary alicyclic amines) is 1. The van der Waals surface area contributed by atoms with Crippen LogP contribution in [0.3, 0.4) is 0 Å². The van der Waals surface area contributed by atoms with E-state index in [1.807, 2.05) is 0 Å². The van der Waals surface area contributed by atoms with Crippen molar-refractivity contribution in [2.24, 2.45) is 0 Å². The number of nitrogen functional groups attached to an aromatic ring is 1. The lowest BCUT2D eigenvalue weighted by molar-refractivity contribution is 0.0118. The van der Waals surface area contributed by atoms with E-state index in [1.54, 1.807) is 6.07 Å². The number of rotatable bonds is 1. The first kappa shape index (κ1) is 13.5. The molecule has 1 aromatic rings. The highest BCUT2D eigenvalue weighted by molar-refractivity contribution is 6.33. The summed E-state index contributed by atoms with van der Waals surface area (Å²) in [6, 6.07) is 1.80. The van der Waals surface area contributed by atoms with Crippen molar-refractivity contribution in [3.05, 3.63) is 23.0 Å². The number of hydrogen-bond acceptors (Lipinski definition) is 4. The first-order chi connectivity index (χ1) is 8.84. The number of amides is 1. The number of nitrogens with two attached hydrogens (primary N) is 1. The van der Waals surface area contributed by atoms with Gasteiger partial charge in [-0.25, -0.2) is 13.8 Å². The van der Waals surface area contributed by atoms with Crippen LogP contribution in [0.25, 0.3) is 0 Å². The number of pyridine rings is 1. The second-order valence-electron chi connectivity index (χ2n) is 4.24. The van der Waals surface area contributed by atoms with Gasteiger partial charge in [0.05, 0.1) is 29.5 Å². The number of nitrogens with zero attached hydrogens (tertiary/aromatic N) is 3. The fraction of sp³-hybridized carbons (Fsp3) is 0.364. The first-order valence-electron chi connectivity index (χ1n) is 5.33. The number of anilines is 1. The van der Waals surface area contributed by atoms with Gasteiger partial charge in [-0.2, -0.15) is 5.26 Å². The van der Waals surface area contributed by atoms with Gasteiger partial charge in [0.15, 0.2) is 0 Å². The smallest absolute Gasteiger partial charge is 0.275 e. The molecule has 0 aliphatic carbocycles. The number of alkyl halides is 2. The van der Waals surface area contributed by atoms with Gasteiger partial charge in [0.1, 0.15) is 11.7 Å². The lowest BCUT2D eigenvalue weighted by Crippen LogP contribution is -2.36. The molecule has 0 unspecified atom stereocenters. The lowest BCUT2D eigenvalue weighted by Gasteiger charge is -2.19. The molecule has 8 heteroatoms. The fourth-order valence-electron chi connectivity index (χ4n) is 1.89. The number of hydrogen-bond donors (Lipinski definition) is 1. The van der Waals surface area contributed by atoms with Gasteiger partial charge in [-0.15, -0.1) is 0 Å². The molecule has 1 atom stereocenters. The molecule has 0 saturated carbocycles. The summed E-state index contributed by atoms with van der Waals surface area (Å²) in [7, 11) is 0. The first-order valence-corrected chi connectivity index (χ1v) is 5.71. The Hall–Kier alpha value is -1.94. The van der Waals surface area contributed by atoms with Crippen LogP contribution in [-0.4, -0.2) is 34.3 Å². The molecule has 1 saturated heterocycles. The molecule has 1 amide bonds. The predicted molar refractivity (Wildman–Crippen MR) is 63.7 cm³/mol. The number of carbonyl (C=O) groups is 1. The molecule has 0 radical (unpaired) electrons. The molecule has 2 rings (SSSR count). The molecule has 1 aliphatic heterocycles. The fourth-order valence-corrected chi connectivity index (χ4v) is 2.15. The maximum atomic E-state index is 13.3. The normalized spacial score (nSPS) is 21.2. The summed E-state index contributed by atoms with van der Waals surface area (Å²) < 4.78 is 26.5. The summed E-state index contributed by atoms with van der Waals surface area (Å²) in [5.41, 5.74) is 5.50. The van der Waals surface area contributed by atoms with E-state index in [1.165, 1.54) is 12.3 Å². The molecule has 19 heavy (non-hydrogen) atoms. The summed E-state index contributed by atoms with van der Waals surface area (Å²) in [5.74, 6) is -3.87. The van der Waals surface area contributed by atoms with Gasteiger partial charge in [-0.1, -0.05) is 11.6 Å². The predicted octanol–water partition coefficient (Wildman–Crippen LogP) is 1.69. The maximum Gasteiger partial charge on any atom is 0.275 e. The van der Waals surface area contributed by atoms with E-state index < -0.39 is 30.8 Å². The Kier molecular flexibility index (Phi) is 3.28. The topological polar surface area (TPSA) is 83.0 Å². The molecule has 1 aromatic heterocycles. The number of aromatic nitrogens is 1. The zero-order chi connectivity index (χ0) is 14.2. The second-order valence-corrected chi connectivity index (χ2v) is 4.64. The van der Waals surface area contributed by atoms with Crippen LogP contribution in [0.2, 0.25) is 5.02 Å². The van der Waals surface area contributed by atoms with Crippen molar-refractivity contribution in [3.8, 4) is 6.07 Å². The van der Waals surface area contributed by atoms with Crippen molar-refractivity contribution in [1.82, 2.24) is 9.88 Å². The van der Waals surface area contributed by atoms with E-state index in [-0.39, 0.29) is 16.4 Å². The molecule has 2 N–H and O–H groups in total. The van der Waals surface area contributed by atoms with Gasteiger partial charge < -0.3 is 10.6 Å². The molecule has 100 valence electrons. The van der Waals surface area contributed by atoms with Gasteiger partial charge >= 0.3 is 0 Å². The second kappa shape index (κ2) is 4.63. The van der Waals surface area contributed by atoms with Gasteiger partial charge in [0.2, 0.25) is 0 Å². The lowest BCUT2D eigenvalue weighted by atomic mass is 10.2. The summed E-state index contributed by atoms with van der Waals surface area (Å²) in [6.07, 6.45) is 0.524. The van der Waals surface area contributed by atoms with Crippen LogP contribution in [0.15, 0.2) is 12.3 Å². The maximum absolute atomic E-state index is 13.3. The van der Waals surface area contributed by atoms with Crippen LogP contribution >= 0.6 is 11.6 Å². The van der Waals surface area contributed by atoms with Crippen LogP contribution in [-0.2, 0) is 0 Å². The van der Waals surface area contributed by atoms with Crippen molar-refractivity contribution in [2.75, 3.05) is 12.3 Å². The van der Waals surface area contributed by atoms with Crippen molar-refractivity contribution in [3.63, 3.8) is 0 Å². The SMILES string of the molecule is N#C[C@@H]1CC(F)(F)CN1C(=O)c1ncc(N)cc1Cl. The molecule has 2 heterocycles. The molecule has 1 fully saturated rings. The van der Waals surface area contributed by atoms with Crippen molar-refractivity contribution >= 4 is 23.2 Å². The van der Waals surface area contributed by atoms with E-state index >= 15 is 0 Å². The van der Waals surface area contributed by atoms with Crippen molar-refractivity contribution < 1.29 is 13.6 Å². The minimum absolute atomic E-state index is 0.0306. The summed E-state index contributed by atoms with van der Waals surface area (Å²) in [6.45, 7) is -0.813. The zero-order valence-corrected chi connectivity index (χ0v) is 10.4. The molecular formula is C11H9ClF2N4O. The standard InChI is InChI=1S/C11H9ClF2N4O/c12-8-1-6(16)4-17-9(8)10(19)18-5-11(13,14)2-7(18)3-15/h1,4,7H,2,5,16H2/t7-/m0/s1. The van der Waals surface area contributed by atoms with Crippen LogP contribution in [0, 0.1) is 11.3 Å². The van der Waals surface area contributed by atoms with Gasteiger partial charge in [0, 0.05) is 6.42 Å². The van der Waals surface area contributed by atoms with Crippen LogP contribution < -0.4 is 5.73 Å². The van der Waals surface area contributed by atoms with Crippen LogP contribution in [0.1, 0.15) is 16.9 Å². The minimum atomic E-state index is -3.07. The van der Waals surface area contributed by atoms with Gasteiger partial charge in [-0.05, 0) is 6.07 Å². The largest absolute Gasteiger partial charge is 0.397 e. The quantitative estimate of drug-likeness (QED) is 0.851. The zero-order valence-electron chi connectivity index (χ0n) is 9.61. The van der Waals surface area contributed by atoms with Crippen LogP contribution in [0.4, 0.5) is 14.5 Å². The Labute approximate surface area is 112 Å². The molecule has 0 bridgehead atoms. The minimum Gasteiger partial charge on any atom is -0.397 e. The Bertz CT molecular complexity index is 572. The average molecular weight is 287 g/mol. The average Bonchev–Trinajstić information content (AvgIpc) is 2.64. The molecule has 0 spiro atoms. The molecule has 0 aromatic carbocycles. The molecular weight excluding hydrogens is 278 g/mol. The number of carbonyl (C=O) groups excluding carboxylic acids is 1. The number of halogens is 3. The molecule has 1 aliphatic rings. The highest BCUT2D eigenvalue weighted by Gasteiger charge is 2.47. The summed E-state index contributed by atoms with van der Waals surface area (Å²) >= 11 is 5.80. The van der Waals surface area contributed by atoms with Crippen molar-refractivity contribution in [2.45, 2.75) is 18.4 Å². The number of nitriles is 1. The van der Waals surface area contributed by atoms with E-state index in [4.69, 9.17) is 22.6 Å².